The van der Waals surface area contributed by atoms with E-state index in [0.717, 1.165) is 38.9 Å². The highest BCUT2D eigenvalue weighted by molar-refractivity contribution is 5.89. The number of hydrogen-bond acceptors (Lipinski definition) is 3. The van der Waals surface area contributed by atoms with Crippen LogP contribution in [0.5, 0.6) is 0 Å². The molecule has 0 fully saturated rings. The Morgan fingerprint density at radius 2 is 0.574 bits per heavy atom. The van der Waals surface area contributed by atoms with Crippen molar-refractivity contribution in [2.75, 3.05) is 0 Å². The molecule has 9 aromatic carbocycles. The van der Waals surface area contributed by atoms with Crippen LogP contribution in [0.4, 0.5) is 0 Å². The molecule has 1 aliphatic rings. The normalized spacial score (nSPS) is 12.4. The maximum Gasteiger partial charge on any atom is 0.164 e. The molecule has 0 bridgehead atoms. The van der Waals surface area contributed by atoms with Crippen molar-refractivity contribution in [3.05, 3.63) is 259 Å². The third-order valence-electron chi connectivity index (χ3n) is 12.0. The summed E-state index contributed by atoms with van der Waals surface area (Å²) in [6.07, 6.45) is 0. The van der Waals surface area contributed by atoms with Gasteiger partial charge in [0, 0.05) is 16.7 Å². The second-order valence-corrected chi connectivity index (χ2v) is 15.6. The molecule has 0 N–H and O–H groups in total. The maximum absolute atomic E-state index is 4.99. The van der Waals surface area contributed by atoms with Crippen molar-refractivity contribution in [2.24, 2.45) is 0 Å². The first-order chi connectivity index (χ1) is 30.2. The van der Waals surface area contributed by atoms with E-state index in [4.69, 9.17) is 15.0 Å². The molecule has 11 rings (SSSR count). The molecule has 3 nitrogen and oxygen atoms in total. The standard InChI is InChI=1S/C58H39N3/c1-5-18-40(19-6-1)55-59-56(41-20-7-2-8-21-41)61-57(60-55)48-27-17-26-46(38-48)44-24-15-22-42(36-44)43-23-16-25-45(37-43)47-34-35-52-51-32-13-14-33-53(51)58(54(52)39-47,49-28-9-3-10-29-49)50-30-11-4-12-31-50/h1-39H. The van der Waals surface area contributed by atoms with E-state index >= 15 is 0 Å². The fourth-order valence-electron chi connectivity index (χ4n) is 9.16. The highest BCUT2D eigenvalue weighted by Crippen LogP contribution is 2.56. The van der Waals surface area contributed by atoms with Crippen molar-refractivity contribution >= 4 is 0 Å². The molecule has 0 unspecified atom stereocenters. The zero-order chi connectivity index (χ0) is 40.6. The lowest BCUT2D eigenvalue weighted by molar-refractivity contribution is 0.769. The van der Waals surface area contributed by atoms with Gasteiger partial charge < -0.3 is 0 Å². The number of benzene rings is 9. The minimum Gasteiger partial charge on any atom is -0.208 e. The Kier molecular flexibility index (Phi) is 9.05. The Bertz CT molecular complexity index is 3080. The van der Waals surface area contributed by atoms with Crippen LogP contribution in [0, 0.1) is 0 Å². The van der Waals surface area contributed by atoms with Crippen LogP contribution >= 0.6 is 0 Å². The minimum atomic E-state index is -0.446. The van der Waals surface area contributed by atoms with E-state index in [1.807, 2.05) is 60.7 Å². The third kappa shape index (κ3) is 6.44. The molecule has 10 aromatic rings. The van der Waals surface area contributed by atoms with Gasteiger partial charge in [0.2, 0.25) is 0 Å². The zero-order valence-corrected chi connectivity index (χ0v) is 33.4. The van der Waals surface area contributed by atoms with Gasteiger partial charge in [-0.1, -0.05) is 212 Å². The van der Waals surface area contributed by atoms with E-state index in [-0.39, 0.29) is 0 Å². The number of fused-ring (bicyclic) bond motifs is 3. The van der Waals surface area contributed by atoms with Gasteiger partial charge in [0.05, 0.1) is 5.41 Å². The van der Waals surface area contributed by atoms with Crippen LogP contribution in [-0.2, 0) is 5.41 Å². The van der Waals surface area contributed by atoms with Gasteiger partial charge in [-0.05, 0) is 91.0 Å². The fraction of sp³-hybridized carbons (Fsp3) is 0.0172. The Morgan fingerprint density at radius 3 is 1.07 bits per heavy atom. The smallest absolute Gasteiger partial charge is 0.164 e. The van der Waals surface area contributed by atoms with Crippen molar-refractivity contribution in [3.63, 3.8) is 0 Å². The van der Waals surface area contributed by atoms with Crippen LogP contribution in [0.2, 0.25) is 0 Å². The molecule has 0 spiro atoms. The van der Waals surface area contributed by atoms with E-state index in [1.54, 1.807) is 0 Å². The van der Waals surface area contributed by atoms with Gasteiger partial charge in [-0.15, -0.1) is 0 Å². The lowest BCUT2D eigenvalue weighted by atomic mass is 9.67. The third-order valence-corrected chi connectivity index (χ3v) is 12.0. The molecule has 61 heavy (non-hydrogen) atoms. The molecule has 286 valence electrons. The summed E-state index contributed by atoms with van der Waals surface area (Å²) in [4.78, 5) is 14.9. The predicted molar refractivity (Wildman–Crippen MR) is 250 cm³/mol. The average Bonchev–Trinajstić information content (AvgIpc) is 3.65. The summed E-state index contributed by atoms with van der Waals surface area (Å²) in [6.45, 7) is 0. The van der Waals surface area contributed by atoms with Gasteiger partial charge >= 0.3 is 0 Å². The topological polar surface area (TPSA) is 38.7 Å². The average molecular weight is 778 g/mol. The Labute approximate surface area is 356 Å². The maximum atomic E-state index is 4.99. The molecule has 1 aromatic heterocycles. The molecular formula is C58H39N3. The van der Waals surface area contributed by atoms with Gasteiger partial charge in [0.15, 0.2) is 17.5 Å². The van der Waals surface area contributed by atoms with E-state index in [9.17, 15) is 0 Å². The monoisotopic (exact) mass is 777 g/mol. The summed E-state index contributed by atoms with van der Waals surface area (Å²) in [5, 5.41) is 0. The first-order valence-corrected chi connectivity index (χ1v) is 20.8. The van der Waals surface area contributed by atoms with E-state index < -0.39 is 5.41 Å². The van der Waals surface area contributed by atoms with Crippen LogP contribution in [0.15, 0.2) is 237 Å². The lowest BCUT2D eigenvalue weighted by Gasteiger charge is -2.34. The molecule has 1 aliphatic carbocycles. The van der Waals surface area contributed by atoms with Crippen LogP contribution < -0.4 is 0 Å². The summed E-state index contributed by atoms with van der Waals surface area (Å²) in [5.74, 6) is 1.94. The first-order valence-electron chi connectivity index (χ1n) is 20.8. The van der Waals surface area contributed by atoms with Crippen LogP contribution in [0.1, 0.15) is 22.3 Å². The van der Waals surface area contributed by atoms with Crippen molar-refractivity contribution in [1.82, 2.24) is 15.0 Å². The molecule has 0 radical (unpaired) electrons. The van der Waals surface area contributed by atoms with Gasteiger partial charge in [0.1, 0.15) is 0 Å². The summed E-state index contributed by atoms with van der Waals surface area (Å²) in [6, 6.07) is 84.4. The Morgan fingerprint density at radius 1 is 0.230 bits per heavy atom. The fourth-order valence-corrected chi connectivity index (χ4v) is 9.16. The highest BCUT2D eigenvalue weighted by atomic mass is 15.0. The quantitative estimate of drug-likeness (QED) is 0.154. The molecule has 3 heteroatoms. The molecular weight excluding hydrogens is 739 g/mol. The molecule has 1 heterocycles. The number of rotatable bonds is 8. The van der Waals surface area contributed by atoms with Crippen molar-refractivity contribution < 1.29 is 0 Å². The van der Waals surface area contributed by atoms with E-state index in [2.05, 4.69) is 176 Å². The van der Waals surface area contributed by atoms with E-state index in [0.29, 0.717) is 17.5 Å². The number of hydrogen-bond donors (Lipinski definition) is 0. The van der Waals surface area contributed by atoms with Crippen molar-refractivity contribution in [1.29, 1.82) is 0 Å². The van der Waals surface area contributed by atoms with Gasteiger partial charge in [-0.3, -0.25) is 0 Å². The second kappa shape index (κ2) is 15.3. The summed E-state index contributed by atoms with van der Waals surface area (Å²) < 4.78 is 0. The largest absolute Gasteiger partial charge is 0.208 e. The molecule has 0 aliphatic heterocycles. The van der Waals surface area contributed by atoms with Crippen molar-refractivity contribution in [3.8, 4) is 78.7 Å². The highest BCUT2D eigenvalue weighted by Gasteiger charge is 2.46. The summed E-state index contributed by atoms with van der Waals surface area (Å²) >= 11 is 0. The lowest BCUT2D eigenvalue weighted by Crippen LogP contribution is -2.28. The van der Waals surface area contributed by atoms with Gasteiger partial charge in [-0.25, -0.2) is 15.0 Å². The SMILES string of the molecule is c1ccc(-c2nc(-c3ccccc3)nc(-c3cccc(-c4cccc(-c5cccc(-c6ccc7c(c6)C(c6ccccc6)(c6ccccc6)c6ccccc6-7)c5)c4)c3)n2)cc1. The van der Waals surface area contributed by atoms with E-state index in [1.165, 1.54) is 44.5 Å². The predicted octanol–water partition coefficient (Wildman–Crippen LogP) is 14.2. The molecule has 0 saturated heterocycles. The first kappa shape index (κ1) is 36.1. The Balaban J connectivity index is 0.971. The minimum absolute atomic E-state index is 0.446. The molecule has 0 atom stereocenters. The summed E-state index contributed by atoms with van der Waals surface area (Å²) in [7, 11) is 0. The molecule has 0 amide bonds. The van der Waals surface area contributed by atoms with Crippen LogP contribution in [0.25, 0.3) is 78.7 Å². The molecule has 0 saturated carbocycles. The number of nitrogens with zero attached hydrogens (tertiary/aromatic N) is 3. The van der Waals surface area contributed by atoms with Gasteiger partial charge in [0.25, 0.3) is 0 Å². The second-order valence-electron chi connectivity index (χ2n) is 15.6. The van der Waals surface area contributed by atoms with Gasteiger partial charge in [-0.2, -0.15) is 0 Å². The van der Waals surface area contributed by atoms with Crippen LogP contribution in [-0.4, -0.2) is 15.0 Å². The van der Waals surface area contributed by atoms with Crippen molar-refractivity contribution in [2.45, 2.75) is 5.41 Å². The Hall–Kier alpha value is -8.01. The summed E-state index contributed by atoms with van der Waals surface area (Å²) in [5.41, 5.74) is 17.0. The van der Waals surface area contributed by atoms with Crippen LogP contribution in [0.3, 0.4) is 0 Å². The zero-order valence-electron chi connectivity index (χ0n) is 33.4. The number of aromatic nitrogens is 3.